The first-order chi connectivity index (χ1) is 16.0. The first kappa shape index (κ1) is 23.4. The smallest absolute Gasteiger partial charge is 0.426 e. The molecule has 4 aromatic carbocycles. The highest BCUT2D eigenvalue weighted by molar-refractivity contribution is 5.66. The normalized spacial score (nSPS) is 11.5. The Morgan fingerprint density at radius 2 is 1.15 bits per heavy atom. The maximum absolute atomic E-state index is 14.7. The van der Waals surface area contributed by atoms with Gasteiger partial charge in [0.1, 0.15) is 17.4 Å². The molecule has 0 aliphatic carbocycles. The van der Waals surface area contributed by atoms with Crippen molar-refractivity contribution < 1.29 is 35.5 Å². The molecule has 0 fully saturated rings. The number of rotatable bonds is 5. The van der Waals surface area contributed by atoms with Gasteiger partial charge < -0.3 is 4.74 Å². The van der Waals surface area contributed by atoms with Crippen molar-refractivity contribution in [2.75, 3.05) is 0 Å². The second kappa shape index (κ2) is 8.85. The first-order valence-electron chi connectivity index (χ1n) is 9.93. The van der Waals surface area contributed by atoms with Crippen LogP contribution in [0.5, 0.6) is 5.75 Å². The minimum atomic E-state index is -3.87. The fraction of sp³-hybridized carbons (Fsp3) is 0.0769. The van der Waals surface area contributed by atoms with Gasteiger partial charge in [-0.3, -0.25) is 0 Å². The highest BCUT2D eigenvalue weighted by Gasteiger charge is 2.34. The summed E-state index contributed by atoms with van der Waals surface area (Å²) in [6, 6.07) is 13.1. The van der Waals surface area contributed by atoms with Crippen molar-refractivity contribution in [1.29, 1.82) is 0 Å². The predicted molar refractivity (Wildman–Crippen MR) is 113 cm³/mol. The van der Waals surface area contributed by atoms with Gasteiger partial charge >= 0.3 is 6.11 Å². The highest BCUT2D eigenvalue weighted by Crippen LogP contribution is 2.35. The molecule has 8 heteroatoms. The number of ether oxygens (including phenoxy) is 1. The van der Waals surface area contributed by atoms with Gasteiger partial charge in [-0.25, -0.2) is 22.0 Å². The van der Waals surface area contributed by atoms with Gasteiger partial charge in [-0.05, 0) is 66.1 Å². The van der Waals surface area contributed by atoms with Crippen LogP contribution in [0.15, 0.2) is 72.8 Å². The van der Waals surface area contributed by atoms with Gasteiger partial charge in [0.05, 0.1) is 5.56 Å². The van der Waals surface area contributed by atoms with Crippen LogP contribution >= 0.6 is 0 Å². The fourth-order valence-corrected chi connectivity index (χ4v) is 3.41. The van der Waals surface area contributed by atoms with Crippen LogP contribution in [0.4, 0.5) is 30.7 Å². The zero-order valence-electron chi connectivity index (χ0n) is 17.5. The van der Waals surface area contributed by atoms with E-state index in [1.165, 1.54) is 24.3 Å². The molecule has 1 nitrogen and oxygen atoms in total. The lowest BCUT2D eigenvalue weighted by molar-refractivity contribution is -0.185. The van der Waals surface area contributed by atoms with E-state index in [1.807, 2.05) is 0 Å². The van der Waals surface area contributed by atoms with Gasteiger partial charge in [0.15, 0.2) is 17.5 Å². The Bertz CT molecular complexity index is 1340. The third kappa shape index (κ3) is 4.62. The zero-order chi connectivity index (χ0) is 24.6. The van der Waals surface area contributed by atoms with Crippen LogP contribution in [0, 0.1) is 36.0 Å². The van der Waals surface area contributed by atoms with E-state index < -0.39 is 46.5 Å². The number of halogens is 7. The molecule has 0 unspecified atom stereocenters. The maximum atomic E-state index is 14.7. The second-order valence-corrected chi connectivity index (χ2v) is 7.58. The van der Waals surface area contributed by atoms with Gasteiger partial charge in [-0.2, -0.15) is 8.78 Å². The number of hydrogen-bond acceptors (Lipinski definition) is 1. The van der Waals surface area contributed by atoms with E-state index in [0.717, 1.165) is 24.3 Å². The summed E-state index contributed by atoms with van der Waals surface area (Å²) in [5.74, 6) is -6.90. The standard InChI is InChI=1S/C26H15F7O/c1-14-2-8-19(21(27)10-14)15-3-5-17(6-4-15)26(32,33)34-18-7-9-20(22(28)13-18)16-11-23(29)25(31)24(30)12-16/h2-13H,1H3. The SMILES string of the molecule is Cc1ccc(-c2ccc(C(F)(F)Oc3ccc(-c4cc(F)c(F)c(F)c4)c(F)c3)cc2)c(F)c1. The quantitative estimate of drug-likeness (QED) is 0.209. The van der Waals surface area contributed by atoms with Crippen molar-refractivity contribution in [2.24, 2.45) is 0 Å². The minimum absolute atomic E-state index is 0.243. The van der Waals surface area contributed by atoms with Crippen LogP contribution < -0.4 is 4.74 Å². The molecular weight excluding hydrogens is 461 g/mol. The highest BCUT2D eigenvalue weighted by atomic mass is 19.3. The lowest BCUT2D eigenvalue weighted by Gasteiger charge is -2.19. The molecule has 0 saturated carbocycles. The molecule has 0 heterocycles. The van der Waals surface area contributed by atoms with Crippen molar-refractivity contribution in [3.05, 3.63) is 113 Å². The fourth-order valence-electron chi connectivity index (χ4n) is 3.41. The van der Waals surface area contributed by atoms with Crippen LogP contribution in [0.2, 0.25) is 0 Å². The van der Waals surface area contributed by atoms with E-state index in [2.05, 4.69) is 4.74 Å². The molecule has 0 amide bonds. The maximum Gasteiger partial charge on any atom is 0.426 e. The van der Waals surface area contributed by atoms with Gasteiger partial charge in [0.2, 0.25) is 0 Å². The largest absolute Gasteiger partial charge is 0.429 e. The molecule has 4 rings (SSSR count). The summed E-state index contributed by atoms with van der Waals surface area (Å²) in [7, 11) is 0. The van der Waals surface area contributed by atoms with E-state index in [9.17, 15) is 30.7 Å². The van der Waals surface area contributed by atoms with E-state index >= 15 is 0 Å². The van der Waals surface area contributed by atoms with Crippen LogP contribution in [-0.4, -0.2) is 0 Å². The summed E-state index contributed by atoms with van der Waals surface area (Å²) in [5.41, 5.74) is 0.129. The number of benzene rings is 4. The summed E-state index contributed by atoms with van der Waals surface area (Å²) in [6.07, 6.45) is -3.87. The zero-order valence-corrected chi connectivity index (χ0v) is 17.5. The van der Waals surface area contributed by atoms with Crippen LogP contribution in [0.1, 0.15) is 11.1 Å². The van der Waals surface area contributed by atoms with E-state index in [-0.39, 0.29) is 16.7 Å². The van der Waals surface area contributed by atoms with Gasteiger partial charge in [0, 0.05) is 17.2 Å². The van der Waals surface area contributed by atoms with Crippen molar-refractivity contribution in [3.8, 4) is 28.0 Å². The molecule has 4 aromatic rings. The van der Waals surface area contributed by atoms with Gasteiger partial charge in [-0.1, -0.05) is 24.3 Å². The van der Waals surface area contributed by atoms with Gasteiger partial charge in [0.25, 0.3) is 0 Å². The average Bonchev–Trinajstić information content (AvgIpc) is 2.77. The monoisotopic (exact) mass is 476 g/mol. The first-order valence-corrected chi connectivity index (χ1v) is 9.93. The molecule has 0 radical (unpaired) electrons. The van der Waals surface area contributed by atoms with E-state index in [0.29, 0.717) is 29.3 Å². The Morgan fingerprint density at radius 1 is 0.588 bits per heavy atom. The molecule has 0 atom stereocenters. The lowest BCUT2D eigenvalue weighted by atomic mass is 10.0. The van der Waals surface area contributed by atoms with Crippen molar-refractivity contribution in [2.45, 2.75) is 13.0 Å². The summed E-state index contributed by atoms with van der Waals surface area (Å²) in [4.78, 5) is 0. The number of hydrogen-bond donors (Lipinski definition) is 0. The average molecular weight is 476 g/mol. The van der Waals surface area contributed by atoms with E-state index in [1.54, 1.807) is 13.0 Å². The molecular formula is C26H15F7O. The third-order valence-electron chi connectivity index (χ3n) is 5.14. The molecule has 0 spiro atoms. The van der Waals surface area contributed by atoms with Crippen molar-refractivity contribution in [3.63, 3.8) is 0 Å². The lowest BCUT2D eigenvalue weighted by Crippen LogP contribution is -2.21. The Labute approximate surface area is 190 Å². The molecule has 174 valence electrons. The third-order valence-corrected chi connectivity index (χ3v) is 5.14. The Hall–Kier alpha value is -3.81. The minimum Gasteiger partial charge on any atom is -0.429 e. The molecule has 34 heavy (non-hydrogen) atoms. The summed E-state index contributed by atoms with van der Waals surface area (Å²) in [6.45, 7) is 1.72. The molecule has 0 aromatic heterocycles. The Balaban J connectivity index is 1.57. The Morgan fingerprint density at radius 3 is 1.74 bits per heavy atom. The topological polar surface area (TPSA) is 9.23 Å². The number of aryl methyl sites for hydroxylation is 1. The van der Waals surface area contributed by atoms with Gasteiger partial charge in [-0.15, -0.1) is 0 Å². The molecule has 0 saturated heterocycles. The molecule has 0 bridgehead atoms. The summed E-state index contributed by atoms with van der Waals surface area (Å²) < 4.78 is 103. The number of alkyl halides is 2. The molecule has 0 aliphatic heterocycles. The van der Waals surface area contributed by atoms with Crippen LogP contribution in [0.25, 0.3) is 22.3 Å². The van der Waals surface area contributed by atoms with Crippen molar-refractivity contribution >= 4 is 0 Å². The second-order valence-electron chi connectivity index (χ2n) is 7.58. The molecule has 0 aliphatic rings. The summed E-state index contributed by atoms with van der Waals surface area (Å²) in [5, 5.41) is 0. The van der Waals surface area contributed by atoms with Crippen molar-refractivity contribution in [1.82, 2.24) is 0 Å². The van der Waals surface area contributed by atoms with Crippen LogP contribution in [0.3, 0.4) is 0 Å². The van der Waals surface area contributed by atoms with E-state index in [4.69, 9.17) is 0 Å². The molecule has 0 N–H and O–H groups in total. The Kier molecular flexibility index (Phi) is 6.08. The summed E-state index contributed by atoms with van der Waals surface area (Å²) >= 11 is 0. The van der Waals surface area contributed by atoms with Crippen LogP contribution in [-0.2, 0) is 6.11 Å². The predicted octanol–water partition coefficient (Wildman–Crippen LogP) is 8.15.